The SMILES string of the molecule is C=CCN(CC(=O)Nc1ccccc1N1CCCC1=O)Cc1ccc(Cl)s1. The first-order valence-electron chi connectivity index (χ1n) is 8.83. The van der Waals surface area contributed by atoms with E-state index < -0.39 is 0 Å². The average molecular weight is 404 g/mol. The Balaban J connectivity index is 1.67. The van der Waals surface area contributed by atoms with Crippen LogP contribution in [0.3, 0.4) is 0 Å². The Hall–Kier alpha value is -2.15. The van der Waals surface area contributed by atoms with Crippen LogP contribution in [0.1, 0.15) is 17.7 Å². The molecule has 0 saturated carbocycles. The average Bonchev–Trinajstić information content (AvgIpc) is 3.23. The number of halogens is 1. The summed E-state index contributed by atoms with van der Waals surface area (Å²) >= 11 is 7.50. The third kappa shape index (κ3) is 5.19. The van der Waals surface area contributed by atoms with Gasteiger partial charge in [0, 0.05) is 30.9 Å². The largest absolute Gasteiger partial charge is 0.323 e. The van der Waals surface area contributed by atoms with E-state index in [1.807, 2.05) is 41.3 Å². The van der Waals surface area contributed by atoms with Gasteiger partial charge in [0.05, 0.1) is 22.3 Å². The molecule has 1 aromatic carbocycles. The third-order valence-electron chi connectivity index (χ3n) is 4.31. The van der Waals surface area contributed by atoms with Gasteiger partial charge in [0.25, 0.3) is 0 Å². The minimum absolute atomic E-state index is 0.0968. The number of para-hydroxylation sites is 2. The van der Waals surface area contributed by atoms with Crippen LogP contribution in [-0.4, -0.2) is 36.3 Å². The zero-order chi connectivity index (χ0) is 19.2. The lowest BCUT2D eigenvalue weighted by atomic mass is 10.2. The molecule has 1 aliphatic heterocycles. The number of carbonyl (C=O) groups is 2. The summed E-state index contributed by atoms with van der Waals surface area (Å²) in [5, 5.41) is 2.96. The minimum atomic E-state index is -0.126. The summed E-state index contributed by atoms with van der Waals surface area (Å²) in [6.45, 7) is 5.91. The van der Waals surface area contributed by atoms with Gasteiger partial charge in [0.2, 0.25) is 11.8 Å². The Labute approximate surface area is 168 Å². The normalized spacial score (nSPS) is 14.0. The van der Waals surface area contributed by atoms with Gasteiger partial charge in [-0.3, -0.25) is 14.5 Å². The van der Waals surface area contributed by atoms with Crippen molar-refractivity contribution >= 4 is 46.1 Å². The van der Waals surface area contributed by atoms with Crippen LogP contribution in [0.2, 0.25) is 4.34 Å². The van der Waals surface area contributed by atoms with Gasteiger partial charge in [-0.25, -0.2) is 0 Å². The van der Waals surface area contributed by atoms with Gasteiger partial charge in [-0.2, -0.15) is 0 Å². The van der Waals surface area contributed by atoms with Gasteiger partial charge in [-0.1, -0.05) is 29.8 Å². The van der Waals surface area contributed by atoms with Crippen LogP contribution in [0.5, 0.6) is 0 Å². The van der Waals surface area contributed by atoms with Crippen molar-refractivity contribution in [3.63, 3.8) is 0 Å². The van der Waals surface area contributed by atoms with Crippen molar-refractivity contribution in [2.45, 2.75) is 19.4 Å². The van der Waals surface area contributed by atoms with Gasteiger partial charge >= 0.3 is 0 Å². The summed E-state index contributed by atoms with van der Waals surface area (Å²) in [5.74, 6) is -0.0295. The molecule has 3 rings (SSSR count). The number of benzene rings is 1. The zero-order valence-corrected chi connectivity index (χ0v) is 16.6. The van der Waals surface area contributed by atoms with Crippen molar-refractivity contribution < 1.29 is 9.59 Å². The molecule has 0 unspecified atom stereocenters. The Morgan fingerprint density at radius 2 is 2.15 bits per heavy atom. The van der Waals surface area contributed by atoms with Crippen LogP contribution in [0.25, 0.3) is 0 Å². The molecular weight excluding hydrogens is 382 g/mol. The lowest BCUT2D eigenvalue weighted by molar-refractivity contribution is -0.118. The number of carbonyl (C=O) groups excluding carboxylic acids is 2. The van der Waals surface area contributed by atoms with Crippen molar-refractivity contribution in [3.8, 4) is 0 Å². The summed E-state index contributed by atoms with van der Waals surface area (Å²) in [7, 11) is 0. The van der Waals surface area contributed by atoms with E-state index >= 15 is 0 Å². The second-order valence-corrected chi connectivity index (χ2v) is 8.18. The third-order valence-corrected chi connectivity index (χ3v) is 5.52. The van der Waals surface area contributed by atoms with Gasteiger partial charge in [0.15, 0.2) is 0 Å². The van der Waals surface area contributed by atoms with E-state index in [9.17, 15) is 9.59 Å². The maximum Gasteiger partial charge on any atom is 0.238 e. The lowest BCUT2D eigenvalue weighted by Gasteiger charge is -2.22. The molecule has 1 aliphatic rings. The number of nitrogens with one attached hydrogen (secondary N) is 1. The fraction of sp³-hybridized carbons (Fsp3) is 0.300. The van der Waals surface area contributed by atoms with Crippen LogP contribution >= 0.6 is 22.9 Å². The molecule has 1 aromatic heterocycles. The molecule has 1 fully saturated rings. The molecule has 7 heteroatoms. The predicted molar refractivity (Wildman–Crippen MR) is 111 cm³/mol. The highest BCUT2D eigenvalue weighted by molar-refractivity contribution is 7.16. The predicted octanol–water partition coefficient (Wildman–Crippen LogP) is 4.16. The van der Waals surface area contributed by atoms with Crippen LogP contribution in [0, 0.1) is 0 Å². The first-order valence-corrected chi connectivity index (χ1v) is 10.0. The number of nitrogens with zero attached hydrogens (tertiary/aromatic N) is 2. The molecule has 0 aliphatic carbocycles. The molecule has 0 bridgehead atoms. The molecule has 5 nitrogen and oxygen atoms in total. The quantitative estimate of drug-likeness (QED) is 0.673. The van der Waals surface area contributed by atoms with E-state index in [0.29, 0.717) is 31.7 Å². The van der Waals surface area contributed by atoms with Crippen molar-refractivity contribution in [1.29, 1.82) is 0 Å². The number of rotatable bonds is 8. The summed E-state index contributed by atoms with van der Waals surface area (Å²) in [6, 6.07) is 11.3. The monoisotopic (exact) mass is 403 g/mol. The molecule has 27 heavy (non-hydrogen) atoms. The standard InChI is InChI=1S/C20H22ClN3O2S/c1-2-11-23(13-15-9-10-18(21)27-15)14-19(25)22-16-6-3-4-7-17(16)24-12-5-8-20(24)26/h2-4,6-7,9-10H,1,5,8,11-14H2,(H,22,25). The number of hydrogen-bond acceptors (Lipinski definition) is 4. The van der Waals surface area contributed by atoms with Gasteiger partial charge in [0.1, 0.15) is 0 Å². The lowest BCUT2D eigenvalue weighted by Crippen LogP contribution is -2.33. The van der Waals surface area contributed by atoms with Crippen LogP contribution in [0.4, 0.5) is 11.4 Å². The van der Waals surface area contributed by atoms with E-state index in [1.165, 1.54) is 11.3 Å². The zero-order valence-electron chi connectivity index (χ0n) is 15.0. The number of hydrogen-bond donors (Lipinski definition) is 1. The minimum Gasteiger partial charge on any atom is -0.323 e. The van der Waals surface area contributed by atoms with E-state index in [-0.39, 0.29) is 18.4 Å². The molecule has 2 aromatic rings. The summed E-state index contributed by atoms with van der Waals surface area (Å²) in [6.07, 6.45) is 3.18. The molecule has 2 amide bonds. The van der Waals surface area contributed by atoms with Gasteiger partial charge in [-0.15, -0.1) is 17.9 Å². The maximum atomic E-state index is 12.6. The Morgan fingerprint density at radius 1 is 1.33 bits per heavy atom. The highest BCUT2D eigenvalue weighted by Gasteiger charge is 2.24. The van der Waals surface area contributed by atoms with Crippen molar-refractivity contribution in [2.75, 3.05) is 29.9 Å². The molecule has 0 spiro atoms. The maximum absolute atomic E-state index is 12.6. The van der Waals surface area contributed by atoms with Crippen LogP contribution < -0.4 is 10.2 Å². The first kappa shape index (κ1) is 19.6. The molecule has 0 atom stereocenters. The Morgan fingerprint density at radius 3 is 2.81 bits per heavy atom. The molecular formula is C20H22ClN3O2S. The number of amides is 2. The molecule has 2 heterocycles. The fourth-order valence-corrected chi connectivity index (χ4v) is 4.27. The van der Waals surface area contributed by atoms with E-state index in [4.69, 9.17) is 11.6 Å². The van der Waals surface area contributed by atoms with Crippen molar-refractivity contribution in [2.24, 2.45) is 0 Å². The van der Waals surface area contributed by atoms with Gasteiger partial charge in [-0.05, 0) is 30.7 Å². The molecule has 1 N–H and O–H groups in total. The highest BCUT2D eigenvalue weighted by Crippen LogP contribution is 2.29. The smallest absolute Gasteiger partial charge is 0.238 e. The number of thiophene rings is 1. The molecule has 0 radical (unpaired) electrons. The fourth-order valence-electron chi connectivity index (χ4n) is 3.14. The topological polar surface area (TPSA) is 52.7 Å². The Bertz CT molecular complexity index is 836. The Kier molecular flexibility index (Phi) is 6.66. The van der Waals surface area contributed by atoms with Crippen LogP contribution in [-0.2, 0) is 16.1 Å². The van der Waals surface area contributed by atoms with Crippen molar-refractivity contribution in [3.05, 3.63) is 58.3 Å². The molecule has 142 valence electrons. The van der Waals surface area contributed by atoms with Crippen LogP contribution in [0.15, 0.2) is 49.1 Å². The second-order valence-electron chi connectivity index (χ2n) is 6.38. The summed E-state index contributed by atoms with van der Waals surface area (Å²) in [5.41, 5.74) is 1.42. The first-order chi connectivity index (χ1) is 13.1. The number of anilines is 2. The van der Waals surface area contributed by atoms with E-state index in [0.717, 1.165) is 21.3 Å². The summed E-state index contributed by atoms with van der Waals surface area (Å²) < 4.78 is 0.734. The highest BCUT2D eigenvalue weighted by atomic mass is 35.5. The van der Waals surface area contributed by atoms with E-state index in [1.54, 1.807) is 11.0 Å². The molecule has 1 saturated heterocycles. The second kappa shape index (κ2) is 9.17. The van der Waals surface area contributed by atoms with E-state index in [2.05, 4.69) is 11.9 Å². The summed E-state index contributed by atoms with van der Waals surface area (Å²) in [4.78, 5) is 29.5. The van der Waals surface area contributed by atoms with Crippen molar-refractivity contribution in [1.82, 2.24) is 4.90 Å². The van der Waals surface area contributed by atoms with Gasteiger partial charge < -0.3 is 10.2 Å².